The van der Waals surface area contributed by atoms with Gasteiger partial charge < -0.3 is 5.32 Å². The van der Waals surface area contributed by atoms with Gasteiger partial charge in [0, 0.05) is 23.1 Å². The third-order valence-corrected chi connectivity index (χ3v) is 6.83. The van der Waals surface area contributed by atoms with Crippen LogP contribution in [0.4, 0.5) is 0 Å². The van der Waals surface area contributed by atoms with Crippen LogP contribution in [0.15, 0.2) is 83.8 Å². The van der Waals surface area contributed by atoms with Crippen molar-refractivity contribution < 1.29 is 13.2 Å². The van der Waals surface area contributed by atoms with Gasteiger partial charge in [0.05, 0.1) is 11.4 Å². The van der Waals surface area contributed by atoms with Crippen LogP contribution in [0.5, 0.6) is 0 Å². The van der Waals surface area contributed by atoms with Gasteiger partial charge in [-0.15, -0.1) is 0 Å². The summed E-state index contributed by atoms with van der Waals surface area (Å²) in [5.41, 5.74) is 1.52. The molecule has 0 aliphatic rings. The molecule has 3 aromatic rings. The van der Waals surface area contributed by atoms with Crippen LogP contribution in [0.2, 0.25) is 10.0 Å². The molecule has 8 heteroatoms. The lowest BCUT2D eigenvalue weighted by Gasteiger charge is -2.22. The molecule has 0 bridgehead atoms. The molecule has 0 fully saturated rings. The Bertz CT molecular complexity index is 1100. The third-order valence-electron chi connectivity index (χ3n) is 4.41. The molecule has 0 aliphatic carbocycles. The minimum atomic E-state index is -3.91. The van der Waals surface area contributed by atoms with Crippen LogP contribution >= 0.6 is 23.2 Å². The van der Waals surface area contributed by atoms with Gasteiger partial charge in [-0.25, -0.2) is 8.42 Å². The Hall–Kier alpha value is -2.38. The van der Waals surface area contributed by atoms with E-state index in [2.05, 4.69) is 5.32 Å². The highest BCUT2D eigenvalue weighted by molar-refractivity contribution is 7.89. The highest BCUT2D eigenvalue weighted by atomic mass is 35.5. The normalized spacial score (nSPS) is 11.4. The van der Waals surface area contributed by atoms with Crippen LogP contribution in [0, 0.1) is 0 Å². The topological polar surface area (TPSA) is 66.5 Å². The average molecular weight is 463 g/mol. The molecule has 0 aliphatic heterocycles. The minimum absolute atomic E-state index is 0.0608. The van der Waals surface area contributed by atoms with E-state index in [9.17, 15) is 13.2 Å². The summed E-state index contributed by atoms with van der Waals surface area (Å²) in [4.78, 5) is 12.7. The van der Waals surface area contributed by atoms with E-state index in [0.717, 1.165) is 15.4 Å². The van der Waals surface area contributed by atoms with Crippen molar-refractivity contribution in [2.75, 3.05) is 6.54 Å². The number of sulfonamides is 1. The van der Waals surface area contributed by atoms with Crippen LogP contribution in [0.25, 0.3) is 0 Å². The highest BCUT2D eigenvalue weighted by Crippen LogP contribution is 2.21. The lowest BCUT2D eigenvalue weighted by atomic mass is 10.2. The van der Waals surface area contributed by atoms with Gasteiger partial charge in [-0.3, -0.25) is 4.79 Å². The molecule has 0 atom stereocenters. The van der Waals surface area contributed by atoms with Crippen LogP contribution in [0.3, 0.4) is 0 Å². The van der Waals surface area contributed by atoms with Crippen molar-refractivity contribution in [2.24, 2.45) is 0 Å². The first-order chi connectivity index (χ1) is 14.4. The van der Waals surface area contributed by atoms with Gasteiger partial charge in [0.15, 0.2) is 0 Å². The molecule has 1 amide bonds. The first-order valence-electron chi connectivity index (χ1n) is 9.16. The van der Waals surface area contributed by atoms with Crippen LogP contribution in [-0.4, -0.2) is 25.2 Å². The predicted octanol–water partition coefficient (Wildman–Crippen LogP) is 4.50. The van der Waals surface area contributed by atoms with E-state index in [1.165, 1.54) is 24.3 Å². The van der Waals surface area contributed by atoms with Crippen molar-refractivity contribution in [3.8, 4) is 0 Å². The number of hydrogen-bond donors (Lipinski definition) is 1. The minimum Gasteiger partial charge on any atom is -0.351 e. The van der Waals surface area contributed by atoms with E-state index in [-0.39, 0.29) is 24.5 Å². The zero-order valence-corrected chi connectivity index (χ0v) is 18.3. The monoisotopic (exact) mass is 462 g/mol. The predicted molar refractivity (Wildman–Crippen MR) is 119 cm³/mol. The Morgan fingerprint density at radius 2 is 1.50 bits per heavy atom. The molecule has 1 N–H and O–H groups in total. The number of amides is 1. The summed E-state index contributed by atoms with van der Waals surface area (Å²) in [7, 11) is -3.91. The van der Waals surface area contributed by atoms with E-state index in [1.54, 1.807) is 18.2 Å². The number of hydrogen-bond acceptors (Lipinski definition) is 3. The molecule has 5 nitrogen and oxygen atoms in total. The summed E-state index contributed by atoms with van der Waals surface area (Å²) in [6.07, 6.45) is 0. The van der Waals surface area contributed by atoms with E-state index < -0.39 is 15.9 Å². The molecule has 0 unspecified atom stereocenters. The molecule has 0 heterocycles. The molecule has 156 valence electrons. The number of carbonyl (C=O) groups is 1. The van der Waals surface area contributed by atoms with Crippen molar-refractivity contribution in [1.82, 2.24) is 9.62 Å². The molecule has 30 heavy (non-hydrogen) atoms. The molecular weight excluding hydrogens is 443 g/mol. The molecule has 0 saturated heterocycles. The highest BCUT2D eigenvalue weighted by Gasteiger charge is 2.27. The Kier molecular flexibility index (Phi) is 7.50. The van der Waals surface area contributed by atoms with E-state index in [1.807, 2.05) is 36.4 Å². The lowest BCUT2D eigenvalue weighted by Crippen LogP contribution is -2.40. The number of halogens is 2. The zero-order chi connectivity index (χ0) is 21.6. The molecular formula is C22H20Cl2N2O3S. The fourth-order valence-corrected chi connectivity index (χ4v) is 4.53. The summed E-state index contributed by atoms with van der Waals surface area (Å²) in [5.74, 6) is -0.427. The van der Waals surface area contributed by atoms with Gasteiger partial charge >= 0.3 is 0 Å². The van der Waals surface area contributed by atoms with E-state index in [0.29, 0.717) is 10.0 Å². The lowest BCUT2D eigenvalue weighted by molar-refractivity contribution is -0.121. The van der Waals surface area contributed by atoms with Crippen LogP contribution in [-0.2, 0) is 27.9 Å². The van der Waals surface area contributed by atoms with Gasteiger partial charge in [0.2, 0.25) is 15.9 Å². The van der Waals surface area contributed by atoms with E-state index in [4.69, 9.17) is 23.2 Å². The first-order valence-corrected chi connectivity index (χ1v) is 11.4. The number of nitrogens with zero attached hydrogens (tertiary/aromatic N) is 1. The number of rotatable bonds is 8. The molecule has 0 saturated carbocycles. The molecule has 0 aromatic heterocycles. The maximum Gasteiger partial charge on any atom is 0.243 e. The van der Waals surface area contributed by atoms with Crippen molar-refractivity contribution in [3.05, 3.63) is 100 Å². The van der Waals surface area contributed by atoms with Gasteiger partial charge in [-0.05, 0) is 41.5 Å². The molecule has 3 rings (SSSR count). The molecule has 0 spiro atoms. The fraction of sp³-hybridized carbons (Fsp3) is 0.136. The van der Waals surface area contributed by atoms with E-state index >= 15 is 0 Å². The summed E-state index contributed by atoms with van der Waals surface area (Å²) < 4.78 is 27.5. The largest absolute Gasteiger partial charge is 0.351 e. The average Bonchev–Trinajstić information content (AvgIpc) is 2.74. The maximum atomic E-state index is 13.2. The Morgan fingerprint density at radius 3 is 2.17 bits per heavy atom. The summed E-state index contributed by atoms with van der Waals surface area (Å²) in [6, 6.07) is 22.1. The van der Waals surface area contributed by atoms with Crippen molar-refractivity contribution in [3.63, 3.8) is 0 Å². The molecule has 0 radical (unpaired) electrons. The first kappa shape index (κ1) is 22.3. The number of carbonyl (C=O) groups excluding carboxylic acids is 1. The maximum absolute atomic E-state index is 13.2. The second-order valence-corrected chi connectivity index (χ2v) is 9.36. The number of nitrogens with one attached hydrogen (secondary N) is 1. The Balaban J connectivity index is 1.79. The van der Waals surface area contributed by atoms with Crippen molar-refractivity contribution in [2.45, 2.75) is 18.0 Å². The summed E-state index contributed by atoms with van der Waals surface area (Å²) in [5, 5.41) is 3.70. The second kappa shape index (κ2) is 10.1. The van der Waals surface area contributed by atoms with Gasteiger partial charge in [-0.2, -0.15) is 4.31 Å². The third kappa shape index (κ3) is 5.83. The van der Waals surface area contributed by atoms with Crippen molar-refractivity contribution >= 4 is 39.1 Å². The Morgan fingerprint density at radius 1 is 0.867 bits per heavy atom. The van der Waals surface area contributed by atoms with Crippen LogP contribution < -0.4 is 5.32 Å². The second-order valence-electron chi connectivity index (χ2n) is 6.58. The number of benzene rings is 3. The van der Waals surface area contributed by atoms with Crippen molar-refractivity contribution in [1.29, 1.82) is 0 Å². The fourth-order valence-electron chi connectivity index (χ4n) is 2.82. The summed E-state index contributed by atoms with van der Waals surface area (Å²) >= 11 is 12.0. The van der Waals surface area contributed by atoms with Gasteiger partial charge in [-0.1, -0.05) is 71.7 Å². The van der Waals surface area contributed by atoms with Gasteiger partial charge in [0.25, 0.3) is 0 Å². The SMILES string of the molecule is O=C(CN(Cc1ccccc1)S(=O)(=O)c1ccc(Cl)cc1)NCc1ccccc1Cl. The smallest absolute Gasteiger partial charge is 0.243 e. The summed E-state index contributed by atoms with van der Waals surface area (Å²) in [6.45, 7) is -0.0612. The van der Waals surface area contributed by atoms with Crippen LogP contribution in [0.1, 0.15) is 11.1 Å². The quantitative estimate of drug-likeness (QED) is 0.535. The molecule has 3 aromatic carbocycles. The Labute approximate surface area is 186 Å². The van der Waals surface area contributed by atoms with Gasteiger partial charge in [0.1, 0.15) is 0 Å². The standard InChI is InChI=1S/C22H20Cl2N2O3S/c23-19-10-12-20(13-11-19)30(28,29)26(15-17-6-2-1-3-7-17)16-22(27)25-14-18-8-4-5-9-21(18)24/h1-13H,14-16H2,(H,25,27). The zero-order valence-electron chi connectivity index (χ0n) is 16.0.